The maximum atomic E-state index is 5.70. The summed E-state index contributed by atoms with van der Waals surface area (Å²) < 4.78 is 5.70. The Morgan fingerprint density at radius 3 is 2.71 bits per heavy atom. The molecular formula is C16H22N4O. The Kier molecular flexibility index (Phi) is 4.20. The van der Waals surface area contributed by atoms with Crippen LogP contribution in [0.25, 0.3) is 11.0 Å². The van der Waals surface area contributed by atoms with Crippen molar-refractivity contribution in [3.8, 4) is 5.88 Å². The van der Waals surface area contributed by atoms with Gasteiger partial charge in [-0.25, -0.2) is 9.97 Å². The average molecular weight is 286 g/mol. The molecule has 2 aromatic rings. The zero-order valence-electron chi connectivity index (χ0n) is 12.7. The van der Waals surface area contributed by atoms with Crippen LogP contribution in [-0.4, -0.2) is 43.3 Å². The Labute approximate surface area is 125 Å². The van der Waals surface area contributed by atoms with Gasteiger partial charge in [-0.05, 0) is 44.5 Å². The Hall–Kier alpha value is -1.88. The van der Waals surface area contributed by atoms with E-state index in [2.05, 4.69) is 22.2 Å². The summed E-state index contributed by atoms with van der Waals surface area (Å²) in [6.45, 7) is 5.73. The van der Waals surface area contributed by atoms with Crippen LogP contribution < -0.4 is 15.0 Å². The lowest BCUT2D eigenvalue weighted by molar-refractivity contribution is 0.327. The summed E-state index contributed by atoms with van der Waals surface area (Å²) in [5.41, 5.74) is 1.79. The minimum atomic E-state index is 0.596. The minimum Gasteiger partial charge on any atom is -0.475 e. The largest absolute Gasteiger partial charge is 0.475 e. The number of para-hydroxylation sites is 2. The van der Waals surface area contributed by atoms with Crippen molar-refractivity contribution in [3.05, 3.63) is 24.3 Å². The highest BCUT2D eigenvalue weighted by Crippen LogP contribution is 2.27. The first-order valence-corrected chi connectivity index (χ1v) is 7.59. The third-order valence-electron chi connectivity index (χ3n) is 3.86. The highest BCUT2D eigenvalue weighted by atomic mass is 16.5. The molecule has 1 aromatic carbocycles. The second kappa shape index (κ2) is 6.26. The van der Waals surface area contributed by atoms with Gasteiger partial charge >= 0.3 is 0 Å². The van der Waals surface area contributed by atoms with Crippen LogP contribution in [0.15, 0.2) is 24.3 Å². The first-order valence-electron chi connectivity index (χ1n) is 7.59. The number of fused-ring (bicyclic) bond motifs is 1. The number of nitrogens with one attached hydrogen (secondary N) is 1. The number of hydrogen-bond donors (Lipinski definition) is 1. The second-order valence-corrected chi connectivity index (χ2v) is 5.51. The second-order valence-electron chi connectivity index (χ2n) is 5.51. The molecule has 1 fully saturated rings. The lowest BCUT2D eigenvalue weighted by atomic mass is 10.1. The molecule has 5 heteroatoms. The maximum Gasteiger partial charge on any atom is 0.258 e. The van der Waals surface area contributed by atoms with Gasteiger partial charge in [0, 0.05) is 13.6 Å². The molecule has 1 atom stereocenters. The molecule has 21 heavy (non-hydrogen) atoms. The topological polar surface area (TPSA) is 50.3 Å². The van der Waals surface area contributed by atoms with Crippen LogP contribution in [0.1, 0.15) is 13.3 Å². The van der Waals surface area contributed by atoms with E-state index >= 15 is 0 Å². The van der Waals surface area contributed by atoms with Gasteiger partial charge in [0.15, 0.2) is 5.82 Å². The highest BCUT2D eigenvalue weighted by molar-refractivity contribution is 5.77. The molecule has 1 aliphatic rings. The molecule has 3 rings (SSSR count). The summed E-state index contributed by atoms with van der Waals surface area (Å²) in [5, 5.41) is 3.40. The standard InChI is InChI=1S/C16H22N4O/c1-3-21-16-15(20(2)11-12-8-9-17-10-12)18-13-6-4-5-7-14(13)19-16/h4-7,12,17H,3,8-11H2,1-2H3. The molecule has 1 aromatic heterocycles. The van der Waals surface area contributed by atoms with Crippen LogP contribution in [0.3, 0.4) is 0 Å². The molecule has 1 saturated heterocycles. The molecule has 2 heterocycles. The van der Waals surface area contributed by atoms with Crippen molar-refractivity contribution >= 4 is 16.9 Å². The molecular weight excluding hydrogens is 264 g/mol. The summed E-state index contributed by atoms with van der Waals surface area (Å²) in [6.07, 6.45) is 1.22. The predicted molar refractivity (Wildman–Crippen MR) is 85.0 cm³/mol. The molecule has 0 aliphatic carbocycles. The van der Waals surface area contributed by atoms with Gasteiger partial charge in [-0.15, -0.1) is 0 Å². The summed E-state index contributed by atoms with van der Waals surface area (Å²) in [5.74, 6) is 2.13. The third-order valence-corrected chi connectivity index (χ3v) is 3.86. The van der Waals surface area contributed by atoms with Gasteiger partial charge in [0.1, 0.15) is 0 Å². The van der Waals surface area contributed by atoms with Crippen LogP contribution in [0, 0.1) is 5.92 Å². The van der Waals surface area contributed by atoms with Crippen LogP contribution in [0.5, 0.6) is 5.88 Å². The van der Waals surface area contributed by atoms with E-state index in [1.54, 1.807) is 0 Å². The smallest absolute Gasteiger partial charge is 0.258 e. The van der Waals surface area contributed by atoms with E-state index in [0.29, 0.717) is 18.4 Å². The van der Waals surface area contributed by atoms with Crippen molar-refractivity contribution in [2.45, 2.75) is 13.3 Å². The molecule has 1 aliphatic heterocycles. The average Bonchev–Trinajstić information content (AvgIpc) is 2.99. The molecule has 0 bridgehead atoms. The quantitative estimate of drug-likeness (QED) is 0.912. The predicted octanol–water partition coefficient (Wildman–Crippen LogP) is 2.07. The lowest BCUT2D eigenvalue weighted by Gasteiger charge is -2.23. The Balaban J connectivity index is 1.91. The van der Waals surface area contributed by atoms with Crippen molar-refractivity contribution in [1.29, 1.82) is 0 Å². The summed E-state index contributed by atoms with van der Waals surface area (Å²) in [4.78, 5) is 11.5. The minimum absolute atomic E-state index is 0.596. The van der Waals surface area contributed by atoms with Crippen molar-refractivity contribution in [2.24, 2.45) is 5.92 Å². The fourth-order valence-electron chi connectivity index (χ4n) is 2.80. The fraction of sp³-hybridized carbons (Fsp3) is 0.500. The van der Waals surface area contributed by atoms with Crippen LogP contribution in [0.2, 0.25) is 0 Å². The van der Waals surface area contributed by atoms with Crippen LogP contribution in [0.4, 0.5) is 5.82 Å². The molecule has 0 amide bonds. The summed E-state index contributed by atoms with van der Waals surface area (Å²) >= 11 is 0. The number of benzene rings is 1. The molecule has 0 radical (unpaired) electrons. The van der Waals surface area contributed by atoms with Crippen molar-refractivity contribution < 1.29 is 4.74 Å². The molecule has 0 spiro atoms. The van der Waals surface area contributed by atoms with Gasteiger partial charge in [0.25, 0.3) is 5.88 Å². The van der Waals surface area contributed by atoms with Crippen LogP contribution in [-0.2, 0) is 0 Å². The number of ether oxygens (including phenoxy) is 1. The van der Waals surface area contributed by atoms with Gasteiger partial charge in [0.2, 0.25) is 0 Å². The van der Waals surface area contributed by atoms with Gasteiger partial charge in [0.05, 0.1) is 17.6 Å². The van der Waals surface area contributed by atoms with E-state index in [1.165, 1.54) is 6.42 Å². The van der Waals surface area contributed by atoms with Gasteiger partial charge < -0.3 is 15.0 Å². The Morgan fingerprint density at radius 1 is 1.29 bits per heavy atom. The van der Waals surface area contributed by atoms with E-state index in [9.17, 15) is 0 Å². The Morgan fingerprint density at radius 2 is 2.05 bits per heavy atom. The lowest BCUT2D eigenvalue weighted by Crippen LogP contribution is -2.28. The molecule has 1 N–H and O–H groups in total. The molecule has 0 saturated carbocycles. The van der Waals surface area contributed by atoms with E-state index in [4.69, 9.17) is 9.72 Å². The zero-order chi connectivity index (χ0) is 14.7. The van der Waals surface area contributed by atoms with Gasteiger partial charge in [-0.1, -0.05) is 12.1 Å². The fourth-order valence-corrected chi connectivity index (χ4v) is 2.80. The third kappa shape index (κ3) is 3.08. The van der Waals surface area contributed by atoms with Gasteiger partial charge in [-0.2, -0.15) is 0 Å². The Bertz CT molecular complexity index is 610. The zero-order valence-corrected chi connectivity index (χ0v) is 12.7. The number of hydrogen-bond acceptors (Lipinski definition) is 5. The summed E-state index contributed by atoms with van der Waals surface area (Å²) in [6, 6.07) is 7.92. The van der Waals surface area contributed by atoms with Crippen molar-refractivity contribution in [3.63, 3.8) is 0 Å². The SMILES string of the molecule is CCOc1nc2ccccc2nc1N(C)CC1CCNC1. The van der Waals surface area contributed by atoms with E-state index in [-0.39, 0.29) is 0 Å². The number of anilines is 1. The van der Waals surface area contributed by atoms with Crippen LogP contribution >= 0.6 is 0 Å². The first-order chi connectivity index (χ1) is 10.3. The molecule has 1 unspecified atom stereocenters. The van der Waals surface area contributed by atoms with E-state index in [0.717, 1.165) is 36.5 Å². The maximum absolute atomic E-state index is 5.70. The number of rotatable bonds is 5. The van der Waals surface area contributed by atoms with E-state index in [1.807, 2.05) is 31.2 Å². The van der Waals surface area contributed by atoms with Crippen molar-refractivity contribution in [1.82, 2.24) is 15.3 Å². The van der Waals surface area contributed by atoms with E-state index < -0.39 is 0 Å². The first kappa shape index (κ1) is 14.1. The van der Waals surface area contributed by atoms with Gasteiger partial charge in [-0.3, -0.25) is 0 Å². The van der Waals surface area contributed by atoms with Crippen molar-refractivity contribution in [2.75, 3.05) is 38.2 Å². The monoisotopic (exact) mass is 286 g/mol. The molecule has 112 valence electrons. The number of aromatic nitrogens is 2. The molecule has 5 nitrogen and oxygen atoms in total. The summed E-state index contributed by atoms with van der Waals surface area (Å²) in [7, 11) is 2.07. The number of nitrogens with zero attached hydrogens (tertiary/aromatic N) is 3. The highest BCUT2D eigenvalue weighted by Gasteiger charge is 2.20. The normalized spacial score (nSPS) is 18.1.